The maximum absolute atomic E-state index is 13.8. The van der Waals surface area contributed by atoms with Gasteiger partial charge in [-0.05, 0) is 19.4 Å². The molecule has 0 aliphatic rings. The number of halogens is 2. The molecule has 0 spiro atoms. The number of carbonyl (C=O) groups is 1. The SMILES string of the molecule is CCC(C)(CO)NC(=O)c1c(F)ccc([N+](=O)[O-])c1F. The van der Waals surface area contributed by atoms with E-state index < -0.39 is 45.9 Å². The molecule has 0 heterocycles. The summed E-state index contributed by atoms with van der Waals surface area (Å²) in [6.45, 7) is 2.71. The van der Waals surface area contributed by atoms with Crippen molar-refractivity contribution in [2.75, 3.05) is 6.61 Å². The quantitative estimate of drug-likeness (QED) is 0.638. The van der Waals surface area contributed by atoms with E-state index in [4.69, 9.17) is 5.11 Å². The summed E-state index contributed by atoms with van der Waals surface area (Å²) in [5, 5.41) is 22.0. The molecule has 0 fully saturated rings. The smallest absolute Gasteiger partial charge is 0.305 e. The maximum Gasteiger partial charge on any atom is 0.305 e. The largest absolute Gasteiger partial charge is 0.394 e. The van der Waals surface area contributed by atoms with E-state index >= 15 is 0 Å². The Morgan fingerprint density at radius 2 is 2.10 bits per heavy atom. The fourth-order valence-electron chi connectivity index (χ4n) is 1.47. The van der Waals surface area contributed by atoms with Gasteiger partial charge in [-0.15, -0.1) is 0 Å². The fraction of sp³-hybridized carbons (Fsp3) is 0.417. The van der Waals surface area contributed by atoms with Crippen molar-refractivity contribution in [3.63, 3.8) is 0 Å². The standard InChI is InChI=1S/C12H14F2N2O4/c1-3-12(2,6-17)15-11(18)9-7(13)4-5-8(10(9)14)16(19)20/h4-5,17H,3,6H2,1-2H3,(H,15,18). The van der Waals surface area contributed by atoms with Gasteiger partial charge in [0, 0.05) is 6.07 Å². The van der Waals surface area contributed by atoms with Crippen LogP contribution in [0.25, 0.3) is 0 Å². The lowest BCUT2D eigenvalue weighted by atomic mass is 9.99. The number of nitro benzene ring substituents is 1. The van der Waals surface area contributed by atoms with E-state index in [0.29, 0.717) is 18.6 Å². The lowest BCUT2D eigenvalue weighted by molar-refractivity contribution is -0.387. The van der Waals surface area contributed by atoms with E-state index in [9.17, 15) is 23.7 Å². The highest BCUT2D eigenvalue weighted by molar-refractivity contribution is 5.96. The topological polar surface area (TPSA) is 92.5 Å². The molecule has 1 aromatic rings. The fourth-order valence-corrected chi connectivity index (χ4v) is 1.47. The van der Waals surface area contributed by atoms with Crippen LogP contribution >= 0.6 is 0 Å². The normalized spacial score (nSPS) is 13.7. The maximum atomic E-state index is 13.8. The molecule has 0 aliphatic heterocycles. The minimum atomic E-state index is -1.54. The Hall–Kier alpha value is -2.09. The lowest BCUT2D eigenvalue weighted by Gasteiger charge is -2.27. The van der Waals surface area contributed by atoms with Crippen LogP contribution in [0.3, 0.4) is 0 Å². The Kier molecular flexibility index (Phi) is 4.72. The van der Waals surface area contributed by atoms with Gasteiger partial charge in [-0.3, -0.25) is 14.9 Å². The van der Waals surface area contributed by atoms with Crippen molar-refractivity contribution in [3.05, 3.63) is 39.4 Å². The van der Waals surface area contributed by atoms with Gasteiger partial charge in [-0.1, -0.05) is 6.92 Å². The van der Waals surface area contributed by atoms with E-state index in [1.54, 1.807) is 6.92 Å². The van der Waals surface area contributed by atoms with Crippen LogP contribution in [0.5, 0.6) is 0 Å². The molecule has 0 bridgehead atoms. The summed E-state index contributed by atoms with van der Waals surface area (Å²) >= 11 is 0. The zero-order valence-electron chi connectivity index (χ0n) is 10.9. The molecule has 1 atom stereocenters. The highest BCUT2D eigenvalue weighted by Crippen LogP contribution is 2.23. The molecule has 1 aromatic carbocycles. The van der Waals surface area contributed by atoms with Gasteiger partial charge in [-0.25, -0.2) is 4.39 Å². The summed E-state index contributed by atoms with van der Waals surface area (Å²) in [6.07, 6.45) is 0.313. The number of rotatable bonds is 5. The molecule has 0 saturated carbocycles. The average Bonchev–Trinajstić information content (AvgIpc) is 2.38. The average molecular weight is 288 g/mol. The zero-order valence-corrected chi connectivity index (χ0v) is 10.9. The molecule has 8 heteroatoms. The summed E-state index contributed by atoms with van der Waals surface area (Å²) in [7, 11) is 0. The molecule has 20 heavy (non-hydrogen) atoms. The first-order valence-electron chi connectivity index (χ1n) is 5.81. The number of nitrogens with one attached hydrogen (secondary N) is 1. The number of aliphatic hydroxyl groups is 1. The lowest BCUT2D eigenvalue weighted by Crippen LogP contribution is -2.48. The molecule has 0 aromatic heterocycles. The molecule has 110 valence electrons. The molecule has 6 nitrogen and oxygen atoms in total. The molecule has 0 saturated heterocycles. The van der Waals surface area contributed by atoms with Gasteiger partial charge in [0.2, 0.25) is 5.82 Å². The second kappa shape index (κ2) is 5.91. The third-order valence-corrected chi connectivity index (χ3v) is 3.04. The first kappa shape index (κ1) is 16.0. The second-order valence-corrected chi connectivity index (χ2v) is 4.54. The predicted octanol–water partition coefficient (Wildman–Crippen LogP) is 1.76. The van der Waals surface area contributed by atoms with Gasteiger partial charge >= 0.3 is 5.69 Å². The minimum absolute atomic E-state index is 0.313. The summed E-state index contributed by atoms with van der Waals surface area (Å²) in [5.41, 5.74) is -3.09. The number of amides is 1. The van der Waals surface area contributed by atoms with Gasteiger partial charge in [-0.2, -0.15) is 4.39 Å². The Morgan fingerprint density at radius 1 is 1.50 bits per heavy atom. The summed E-state index contributed by atoms with van der Waals surface area (Å²) < 4.78 is 27.4. The van der Waals surface area contributed by atoms with Crippen molar-refractivity contribution < 1.29 is 23.6 Å². The van der Waals surface area contributed by atoms with E-state index in [1.165, 1.54) is 6.92 Å². The molecule has 0 radical (unpaired) electrons. The monoisotopic (exact) mass is 288 g/mol. The number of carbonyl (C=O) groups excluding carboxylic acids is 1. The van der Waals surface area contributed by atoms with Crippen molar-refractivity contribution in [1.29, 1.82) is 0 Å². The Labute approximate surface area is 113 Å². The molecular weight excluding hydrogens is 274 g/mol. The third-order valence-electron chi connectivity index (χ3n) is 3.04. The van der Waals surface area contributed by atoms with Gasteiger partial charge in [0.25, 0.3) is 5.91 Å². The van der Waals surface area contributed by atoms with Crippen molar-refractivity contribution >= 4 is 11.6 Å². The van der Waals surface area contributed by atoms with E-state index in [0.717, 1.165) is 0 Å². The van der Waals surface area contributed by atoms with E-state index in [-0.39, 0.29) is 0 Å². The number of aliphatic hydroxyl groups excluding tert-OH is 1. The summed E-state index contributed by atoms with van der Waals surface area (Å²) in [5.74, 6) is -3.90. The Bertz CT molecular complexity index is 545. The Balaban J connectivity index is 3.23. The molecule has 1 amide bonds. The molecule has 1 unspecified atom stereocenters. The van der Waals surface area contributed by atoms with Gasteiger partial charge < -0.3 is 10.4 Å². The summed E-state index contributed by atoms with van der Waals surface area (Å²) in [4.78, 5) is 21.4. The van der Waals surface area contributed by atoms with Crippen LogP contribution in [0.4, 0.5) is 14.5 Å². The van der Waals surface area contributed by atoms with Crippen LogP contribution in [-0.2, 0) is 0 Å². The highest BCUT2D eigenvalue weighted by Gasteiger charge is 2.30. The number of hydrogen-bond donors (Lipinski definition) is 2. The predicted molar refractivity (Wildman–Crippen MR) is 66.3 cm³/mol. The van der Waals surface area contributed by atoms with Crippen molar-refractivity contribution in [2.45, 2.75) is 25.8 Å². The van der Waals surface area contributed by atoms with Crippen molar-refractivity contribution in [1.82, 2.24) is 5.32 Å². The number of nitro groups is 1. The molecule has 1 rings (SSSR count). The Morgan fingerprint density at radius 3 is 2.55 bits per heavy atom. The van der Waals surface area contributed by atoms with Crippen LogP contribution in [0.2, 0.25) is 0 Å². The zero-order chi connectivity index (χ0) is 15.5. The minimum Gasteiger partial charge on any atom is -0.394 e. The van der Waals surface area contributed by atoms with Crippen molar-refractivity contribution in [2.24, 2.45) is 0 Å². The molecule has 0 aliphatic carbocycles. The van der Waals surface area contributed by atoms with Crippen LogP contribution in [0.1, 0.15) is 30.6 Å². The van der Waals surface area contributed by atoms with Crippen LogP contribution in [0, 0.1) is 21.7 Å². The van der Waals surface area contributed by atoms with Crippen LogP contribution in [0.15, 0.2) is 12.1 Å². The molecule has 2 N–H and O–H groups in total. The summed E-state index contributed by atoms with van der Waals surface area (Å²) in [6, 6.07) is 1.30. The van der Waals surface area contributed by atoms with Crippen LogP contribution < -0.4 is 5.32 Å². The van der Waals surface area contributed by atoms with E-state index in [2.05, 4.69) is 5.32 Å². The van der Waals surface area contributed by atoms with E-state index in [1.807, 2.05) is 0 Å². The first-order chi connectivity index (χ1) is 9.25. The van der Waals surface area contributed by atoms with Crippen molar-refractivity contribution in [3.8, 4) is 0 Å². The van der Waals surface area contributed by atoms with Gasteiger partial charge in [0.1, 0.15) is 11.4 Å². The van der Waals surface area contributed by atoms with Gasteiger partial charge in [0.15, 0.2) is 0 Å². The third kappa shape index (κ3) is 3.08. The molecular formula is C12H14F2N2O4. The first-order valence-corrected chi connectivity index (χ1v) is 5.81. The second-order valence-electron chi connectivity index (χ2n) is 4.54. The number of nitrogens with zero attached hydrogens (tertiary/aromatic N) is 1. The highest BCUT2D eigenvalue weighted by atomic mass is 19.1. The van der Waals surface area contributed by atoms with Gasteiger partial charge in [0.05, 0.1) is 17.1 Å². The number of hydrogen-bond acceptors (Lipinski definition) is 4. The van der Waals surface area contributed by atoms with Crippen LogP contribution in [-0.4, -0.2) is 28.1 Å². The number of benzene rings is 1.